The molecule has 1 N–H and O–H groups in total. The number of carbonyl (C=O) groups is 1. The van der Waals surface area contributed by atoms with Gasteiger partial charge in [-0.1, -0.05) is 29.8 Å². The van der Waals surface area contributed by atoms with E-state index in [0.29, 0.717) is 31.9 Å². The Morgan fingerprint density at radius 1 is 1.04 bits per heavy atom. The molecule has 1 heterocycles. The van der Waals surface area contributed by atoms with Crippen LogP contribution in [0.5, 0.6) is 0 Å². The Balaban J connectivity index is 1.66. The van der Waals surface area contributed by atoms with Crippen LogP contribution in [0.1, 0.15) is 21.5 Å². The number of morpholine rings is 1. The third kappa shape index (κ3) is 4.49. The van der Waals surface area contributed by atoms with Crippen LogP contribution in [0.25, 0.3) is 0 Å². The molecule has 1 aliphatic rings. The van der Waals surface area contributed by atoms with Crippen LogP contribution in [0.4, 0.5) is 0 Å². The predicted octanol–water partition coefficient (Wildman–Crippen LogP) is 1.95. The first kappa shape index (κ1) is 18.6. The monoisotopic (exact) mass is 374 g/mol. The zero-order valence-electron chi connectivity index (χ0n) is 14.6. The van der Waals surface area contributed by atoms with Crippen molar-refractivity contribution >= 4 is 15.9 Å². The molecule has 3 rings (SSSR count). The number of aryl methyl sites for hydroxylation is 1. The summed E-state index contributed by atoms with van der Waals surface area (Å²) < 4.78 is 32.7. The summed E-state index contributed by atoms with van der Waals surface area (Å²) in [5.74, 6) is -0.107. The van der Waals surface area contributed by atoms with E-state index in [-0.39, 0.29) is 17.3 Å². The Morgan fingerprint density at radius 3 is 2.27 bits per heavy atom. The average molecular weight is 374 g/mol. The molecule has 0 bridgehead atoms. The normalized spacial score (nSPS) is 15.0. The van der Waals surface area contributed by atoms with Crippen molar-refractivity contribution in [1.29, 1.82) is 0 Å². The van der Waals surface area contributed by atoms with Crippen molar-refractivity contribution < 1.29 is 17.9 Å². The Kier molecular flexibility index (Phi) is 5.70. The SMILES string of the molecule is Cc1ccc(CNS(=O)(=O)c2ccc(C(=O)N3CCOCC3)cc2)cc1. The fourth-order valence-electron chi connectivity index (χ4n) is 2.69. The van der Waals surface area contributed by atoms with Gasteiger partial charge in [0, 0.05) is 25.2 Å². The van der Waals surface area contributed by atoms with Crippen LogP contribution in [0, 0.1) is 6.92 Å². The molecule has 0 spiro atoms. The summed E-state index contributed by atoms with van der Waals surface area (Å²) in [6.45, 7) is 4.36. The predicted molar refractivity (Wildman–Crippen MR) is 98.4 cm³/mol. The van der Waals surface area contributed by atoms with Crippen molar-refractivity contribution in [2.45, 2.75) is 18.4 Å². The summed E-state index contributed by atoms with van der Waals surface area (Å²) in [6.07, 6.45) is 0. The van der Waals surface area contributed by atoms with Gasteiger partial charge in [0.25, 0.3) is 5.91 Å². The van der Waals surface area contributed by atoms with Gasteiger partial charge in [-0.2, -0.15) is 0 Å². The molecule has 0 aromatic heterocycles. The minimum Gasteiger partial charge on any atom is -0.378 e. The third-order valence-corrected chi connectivity index (χ3v) is 5.71. The highest BCUT2D eigenvalue weighted by atomic mass is 32.2. The van der Waals surface area contributed by atoms with Gasteiger partial charge < -0.3 is 9.64 Å². The van der Waals surface area contributed by atoms with Crippen LogP contribution >= 0.6 is 0 Å². The van der Waals surface area contributed by atoms with Gasteiger partial charge in [-0.05, 0) is 36.8 Å². The molecule has 2 aromatic carbocycles. The van der Waals surface area contributed by atoms with Crippen LogP contribution < -0.4 is 4.72 Å². The highest BCUT2D eigenvalue weighted by Crippen LogP contribution is 2.14. The lowest BCUT2D eigenvalue weighted by Crippen LogP contribution is -2.40. The van der Waals surface area contributed by atoms with E-state index in [0.717, 1.165) is 11.1 Å². The minimum atomic E-state index is -3.63. The standard InChI is InChI=1S/C19H22N2O4S/c1-15-2-4-16(5-3-15)14-20-26(23,24)18-8-6-17(7-9-18)19(22)21-10-12-25-13-11-21/h2-9,20H,10-14H2,1H3. The number of hydrogen-bond acceptors (Lipinski definition) is 4. The number of nitrogens with one attached hydrogen (secondary N) is 1. The summed E-state index contributed by atoms with van der Waals surface area (Å²) in [4.78, 5) is 14.3. The topological polar surface area (TPSA) is 75.7 Å². The molecule has 6 nitrogen and oxygen atoms in total. The number of ether oxygens (including phenoxy) is 1. The number of hydrogen-bond donors (Lipinski definition) is 1. The van der Waals surface area contributed by atoms with E-state index in [9.17, 15) is 13.2 Å². The number of sulfonamides is 1. The lowest BCUT2D eigenvalue weighted by molar-refractivity contribution is 0.0303. The molecule has 1 fully saturated rings. The van der Waals surface area contributed by atoms with Gasteiger partial charge >= 0.3 is 0 Å². The summed E-state index contributed by atoms with van der Waals surface area (Å²) in [7, 11) is -3.63. The van der Waals surface area contributed by atoms with Crippen molar-refractivity contribution in [3.63, 3.8) is 0 Å². The highest BCUT2D eigenvalue weighted by molar-refractivity contribution is 7.89. The lowest BCUT2D eigenvalue weighted by atomic mass is 10.2. The zero-order chi connectivity index (χ0) is 18.6. The second kappa shape index (κ2) is 7.99. The Bertz CT molecular complexity index is 855. The van der Waals surface area contributed by atoms with E-state index in [2.05, 4.69) is 4.72 Å². The molecule has 1 saturated heterocycles. The van der Waals surface area contributed by atoms with Gasteiger partial charge in [-0.3, -0.25) is 4.79 Å². The quantitative estimate of drug-likeness (QED) is 0.868. The summed E-state index contributed by atoms with van der Waals surface area (Å²) in [5, 5.41) is 0. The van der Waals surface area contributed by atoms with Gasteiger partial charge in [0.2, 0.25) is 10.0 Å². The number of carbonyl (C=O) groups excluding carboxylic acids is 1. The molecule has 0 aliphatic carbocycles. The largest absolute Gasteiger partial charge is 0.378 e. The molecular weight excluding hydrogens is 352 g/mol. The maximum absolute atomic E-state index is 12.4. The van der Waals surface area contributed by atoms with Gasteiger partial charge in [0.15, 0.2) is 0 Å². The van der Waals surface area contributed by atoms with E-state index in [1.54, 1.807) is 17.0 Å². The second-order valence-corrected chi connectivity index (χ2v) is 8.01. The molecule has 1 amide bonds. The maximum Gasteiger partial charge on any atom is 0.254 e. The van der Waals surface area contributed by atoms with Crippen molar-refractivity contribution in [3.05, 3.63) is 65.2 Å². The molecular formula is C19H22N2O4S. The fourth-order valence-corrected chi connectivity index (χ4v) is 3.71. The molecule has 0 saturated carbocycles. The smallest absolute Gasteiger partial charge is 0.254 e. The number of amides is 1. The zero-order valence-corrected chi connectivity index (χ0v) is 15.5. The summed E-state index contributed by atoms with van der Waals surface area (Å²) >= 11 is 0. The van der Waals surface area contributed by atoms with Crippen molar-refractivity contribution in [2.24, 2.45) is 0 Å². The molecule has 0 atom stereocenters. The van der Waals surface area contributed by atoms with E-state index < -0.39 is 10.0 Å². The Hall–Kier alpha value is -2.22. The molecule has 138 valence electrons. The maximum atomic E-state index is 12.4. The van der Waals surface area contributed by atoms with Gasteiger partial charge in [0.05, 0.1) is 18.1 Å². The molecule has 1 aliphatic heterocycles. The lowest BCUT2D eigenvalue weighted by Gasteiger charge is -2.26. The van der Waals surface area contributed by atoms with Crippen molar-refractivity contribution in [1.82, 2.24) is 9.62 Å². The van der Waals surface area contributed by atoms with E-state index >= 15 is 0 Å². The Labute approximate surface area is 153 Å². The summed E-state index contributed by atoms with van der Waals surface area (Å²) in [5.41, 5.74) is 2.49. The number of rotatable bonds is 5. The van der Waals surface area contributed by atoms with E-state index in [4.69, 9.17) is 4.74 Å². The van der Waals surface area contributed by atoms with Crippen LogP contribution in [-0.4, -0.2) is 45.5 Å². The van der Waals surface area contributed by atoms with E-state index in [1.807, 2.05) is 31.2 Å². The summed E-state index contributed by atoms with van der Waals surface area (Å²) in [6, 6.07) is 13.7. The van der Waals surface area contributed by atoms with E-state index in [1.165, 1.54) is 12.1 Å². The highest BCUT2D eigenvalue weighted by Gasteiger charge is 2.20. The Morgan fingerprint density at radius 2 is 1.65 bits per heavy atom. The van der Waals surface area contributed by atoms with Crippen LogP contribution in [0.15, 0.2) is 53.4 Å². The molecule has 2 aromatic rings. The van der Waals surface area contributed by atoms with Gasteiger partial charge in [-0.15, -0.1) is 0 Å². The third-order valence-electron chi connectivity index (χ3n) is 4.30. The van der Waals surface area contributed by atoms with Gasteiger partial charge in [0.1, 0.15) is 0 Å². The van der Waals surface area contributed by atoms with Crippen molar-refractivity contribution in [2.75, 3.05) is 26.3 Å². The average Bonchev–Trinajstić information content (AvgIpc) is 2.68. The van der Waals surface area contributed by atoms with Crippen LogP contribution in [0.2, 0.25) is 0 Å². The fraction of sp³-hybridized carbons (Fsp3) is 0.316. The minimum absolute atomic E-state index is 0.107. The first-order chi connectivity index (χ1) is 12.5. The van der Waals surface area contributed by atoms with Crippen LogP contribution in [-0.2, 0) is 21.3 Å². The molecule has 26 heavy (non-hydrogen) atoms. The first-order valence-electron chi connectivity index (χ1n) is 8.48. The number of nitrogens with zero attached hydrogens (tertiary/aromatic N) is 1. The molecule has 0 radical (unpaired) electrons. The van der Waals surface area contributed by atoms with Crippen molar-refractivity contribution in [3.8, 4) is 0 Å². The molecule has 0 unspecified atom stereocenters. The molecule has 7 heteroatoms. The van der Waals surface area contributed by atoms with Gasteiger partial charge in [-0.25, -0.2) is 13.1 Å². The first-order valence-corrected chi connectivity index (χ1v) is 9.96. The second-order valence-electron chi connectivity index (χ2n) is 6.24. The number of benzene rings is 2. The van der Waals surface area contributed by atoms with Crippen LogP contribution in [0.3, 0.4) is 0 Å².